The van der Waals surface area contributed by atoms with Crippen molar-refractivity contribution < 1.29 is 0 Å². The van der Waals surface area contributed by atoms with Crippen LogP contribution in [0.15, 0.2) is 16.8 Å². The van der Waals surface area contributed by atoms with Crippen LogP contribution in [0.2, 0.25) is 0 Å². The Morgan fingerprint density at radius 3 is 2.80 bits per heavy atom. The Kier molecular flexibility index (Phi) is 2.10. The van der Waals surface area contributed by atoms with Crippen LogP contribution in [-0.4, -0.2) is 12.8 Å². The summed E-state index contributed by atoms with van der Waals surface area (Å²) < 4.78 is 0. The highest BCUT2D eigenvalue weighted by molar-refractivity contribution is 6.02. The highest BCUT2D eigenvalue weighted by atomic mass is 14.7. The molecule has 0 aromatic carbocycles. The molecule has 0 spiro atoms. The molecule has 2 N–H and O–H groups in total. The molecule has 0 amide bonds. The van der Waals surface area contributed by atoms with Crippen molar-refractivity contribution in [2.24, 2.45) is 16.6 Å². The van der Waals surface area contributed by atoms with Crippen LogP contribution in [0.1, 0.15) is 19.8 Å². The lowest BCUT2D eigenvalue weighted by atomic mass is 10.1. The second-order valence-corrected chi connectivity index (χ2v) is 2.73. The summed E-state index contributed by atoms with van der Waals surface area (Å²) in [6.45, 7) is 2.19. The Morgan fingerprint density at radius 1 is 1.70 bits per heavy atom. The van der Waals surface area contributed by atoms with Crippen molar-refractivity contribution in [2.45, 2.75) is 19.8 Å². The molecule has 0 radical (unpaired) electrons. The monoisotopic (exact) mass is 138 g/mol. The van der Waals surface area contributed by atoms with Crippen LogP contribution in [0.5, 0.6) is 0 Å². The van der Waals surface area contributed by atoms with E-state index in [-0.39, 0.29) is 0 Å². The molecule has 0 bridgehead atoms. The van der Waals surface area contributed by atoms with Gasteiger partial charge in [-0.2, -0.15) is 0 Å². The molecule has 0 unspecified atom stereocenters. The maximum Gasteiger partial charge on any atom is 0.0394 e. The van der Waals surface area contributed by atoms with Gasteiger partial charge >= 0.3 is 0 Å². The fourth-order valence-corrected chi connectivity index (χ4v) is 1.44. The third-order valence-electron chi connectivity index (χ3n) is 2.13. The zero-order valence-corrected chi connectivity index (χ0v) is 6.59. The molecule has 1 atom stereocenters. The van der Waals surface area contributed by atoms with Gasteiger partial charge in [0.25, 0.3) is 0 Å². The summed E-state index contributed by atoms with van der Waals surface area (Å²) in [4.78, 5) is 4.16. The molecular weight excluding hydrogens is 124 g/mol. The van der Waals surface area contributed by atoms with Crippen LogP contribution in [0.25, 0.3) is 0 Å². The van der Waals surface area contributed by atoms with Crippen molar-refractivity contribution in [3.63, 3.8) is 0 Å². The Balaban J connectivity index is 2.84. The fraction of sp³-hybridized carbons (Fsp3) is 0.625. The van der Waals surface area contributed by atoms with E-state index < -0.39 is 0 Å². The molecule has 0 heterocycles. The third-order valence-corrected chi connectivity index (χ3v) is 2.13. The van der Waals surface area contributed by atoms with Gasteiger partial charge in [-0.25, -0.2) is 0 Å². The van der Waals surface area contributed by atoms with Crippen molar-refractivity contribution in [3.8, 4) is 0 Å². The molecule has 2 heteroatoms. The lowest BCUT2D eigenvalue weighted by Crippen LogP contribution is -2.01. The number of nitrogens with two attached hydrogens (primary N) is 1. The van der Waals surface area contributed by atoms with Crippen molar-refractivity contribution in [1.29, 1.82) is 0 Å². The number of hydrogen-bond acceptors (Lipinski definition) is 2. The first-order valence-electron chi connectivity index (χ1n) is 3.67. The van der Waals surface area contributed by atoms with E-state index in [1.165, 1.54) is 17.7 Å². The average molecular weight is 138 g/mol. The Bertz CT molecular complexity index is 180. The van der Waals surface area contributed by atoms with Crippen molar-refractivity contribution in [3.05, 3.63) is 11.8 Å². The van der Waals surface area contributed by atoms with Gasteiger partial charge in [0.1, 0.15) is 0 Å². The summed E-state index contributed by atoms with van der Waals surface area (Å²) in [5.74, 6) is 0.615. The van der Waals surface area contributed by atoms with E-state index >= 15 is 0 Å². The standard InChI is InChI=1S/C8H14N2/c1-6-3-4-8(10-2)7(6)5-9/h5-6H,3-4,9H2,1-2H3/t6-/m1/s1. The maximum atomic E-state index is 5.45. The average Bonchev–Trinajstić information content (AvgIpc) is 2.30. The van der Waals surface area contributed by atoms with Gasteiger partial charge in [0.05, 0.1) is 0 Å². The van der Waals surface area contributed by atoms with Gasteiger partial charge in [0, 0.05) is 12.8 Å². The highest BCUT2D eigenvalue weighted by Gasteiger charge is 2.21. The minimum absolute atomic E-state index is 0.615. The van der Waals surface area contributed by atoms with E-state index in [0.717, 1.165) is 6.42 Å². The molecule has 1 rings (SSSR count). The SMILES string of the molecule is CN=C1CC[C@@H](C)C1=CN. The van der Waals surface area contributed by atoms with Crippen LogP contribution in [-0.2, 0) is 0 Å². The largest absolute Gasteiger partial charge is 0.404 e. The molecule has 0 aromatic heterocycles. The molecule has 0 aliphatic heterocycles. The Labute approximate surface area is 61.8 Å². The smallest absolute Gasteiger partial charge is 0.0394 e. The van der Waals surface area contributed by atoms with Gasteiger partial charge in [-0.3, -0.25) is 4.99 Å². The van der Waals surface area contributed by atoms with E-state index in [9.17, 15) is 0 Å². The summed E-state index contributed by atoms with van der Waals surface area (Å²) in [6, 6.07) is 0. The summed E-state index contributed by atoms with van der Waals surface area (Å²) >= 11 is 0. The lowest BCUT2D eigenvalue weighted by molar-refractivity contribution is 0.696. The molecule has 2 nitrogen and oxygen atoms in total. The topological polar surface area (TPSA) is 38.4 Å². The summed E-state index contributed by atoms with van der Waals surface area (Å²) in [5.41, 5.74) is 7.88. The summed E-state index contributed by atoms with van der Waals surface area (Å²) in [6.07, 6.45) is 4.00. The Morgan fingerprint density at radius 2 is 2.40 bits per heavy atom. The molecule has 1 aliphatic carbocycles. The molecule has 56 valence electrons. The lowest BCUT2D eigenvalue weighted by Gasteiger charge is -2.01. The van der Waals surface area contributed by atoms with Crippen LogP contribution >= 0.6 is 0 Å². The highest BCUT2D eigenvalue weighted by Crippen LogP contribution is 2.27. The van der Waals surface area contributed by atoms with E-state index in [4.69, 9.17) is 5.73 Å². The summed E-state index contributed by atoms with van der Waals surface area (Å²) in [7, 11) is 1.83. The predicted octanol–water partition coefficient (Wildman–Crippen LogP) is 1.33. The number of allylic oxidation sites excluding steroid dienone is 1. The zero-order valence-electron chi connectivity index (χ0n) is 6.59. The quantitative estimate of drug-likeness (QED) is 0.539. The van der Waals surface area contributed by atoms with E-state index in [1.54, 1.807) is 6.20 Å². The number of aliphatic imine (C=N–C) groups is 1. The van der Waals surface area contributed by atoms with Gasteiger partial charge in [0.15, 0.2) is 0 Å². The van der Waals surface area contributed by atoms with E-state index in [2.05, 4.69) is 11.9 Å². The number of hydrogen-bond donors (Lipinski definition) is 1. The van der Waals surface area contributed by atoms with Gasteiger partial charge < -0.3 is 5.73 Å². The number of rotatable bonds is 0. The molecule has 1 aliphatic rings. The minimum Gasteiger partial charge on any atom is -0.404 e. The second-order valence-electron chi connectivity index (χ2n) is 2.73. The molecule has 0 saturated heterocycles. The minimum atomic E-state index is 0.615. The first-order valence-corrected chi connectivity index (χ1v) is 3.67. The third kappa shape index (κ3) is 1.06. The van der Waals surface area contributed by atoms with Gasteiger partial charge in [-0.15, -0.1) is 0 Å². The zero-order chi connectivity index (χ0) is 7.56. The van der Waals surface area contributed by atoms with E-state index in [1.807, 2.05) is 7.05 Å². The first-order chi connectivity index (χ1) is 4.79. The van der Waals surface area contributed by atoms with Crippen molar-refractivity contribution in [1.82, 2.24) is 0 Å². The van der Waals surface area contributed by atoms with Crippen molar-refractivity contribution >= 4 is 5.71 Å². The van der Waals surface area contributed by atoms with Crippen LogP contribution in [0.3, 0.4) is 0 Å². The van der Waals surface area contributed by atoms with Gasteiger partial charge in [-0.1, -0.05) is 6.92 Å². The normalized spacial score (nSPS) is 34.0. The summed E-state index contributed by atoms with van der Waals surface area (Å²) in [5, 5.41) is 0. The molecule has 1 saturated carbocycles. The van der Waals surface area contributed by atoms with Crippen LogP contribution in [0.4, 0.5) is 0 Å². The second kappa shape index (κ2) is 2.86. The number of nitrogens with zero attached hydrogens (tertiary/aromatic N) is 1. The van der Waals surface area contributed by atoms with Crippen molar-refractivity contribution in [2.75, 3.05) is 7.05 Å². The molecule has 10 heavy (non-hydrogen) atoms. The van der Waals surface area contributed by atoms with Gasteiger partial charge in [-0.05, 0) is 30.5 Å². The molecule has 0 aromatic rings. The Hall–Kier alpha value is -0.790. The predicted molar refractivity (Wildman–Crippen MR) is 44.0 cm³/mol. The first kappa shape index (κ1) is 7.32. The molecule has 1 fully saturated rings. The van der Waals surface area contributed by atoms with Crippen LogP contribution < -0.4 is 5.73 Å². The fourth-order valence-electron chi connectivity index (χ4n) is 1.44. The molecular formula is C8H14N2. The van der Waals surface area contributed by atoms with Gasteiger partial charge in [0.2, 0.25) is 0 Å². The maximum absolute atomic E-state index is 5.45. The van der Waals surface area contributed by atoms with Crippen LogP contribution in [0, 0.1) is 5.92 Å². The van der Waals surface area contributed by atoms with E-state index in [0.29, 0.717) is 5.92 Å².